The van der Waals surface area contributed by atoms with E-state index in [1.54, 1.807) is 6.08 Å². The molecule has 23 heavy (non-hydrogen) atoms. The highest BCUT2D eigenvalue weighted by atomic mass is 16.3. The van der Waals surface area contributed by atoms with Crippen LogP contribution in [0.5, 0.6) is 5.75 Å². The Morgan fingerprint density at radius 3 is 2.65 bits per heavy atom. The largest absolute Gasteiger partial charge is 0.505 e. The fraction of sp³-hybridized carbons (Fsp3) is 0.294. The van der Waals surface area contributed by atoms with E-state index in [9.17, 15) is 10.4 Å². The lowest BCUT2D eigenvalue weighted by Gasteiger charge is -2.33. The first kappa shape index (κ1) is 15.1. The molecule has 0 spiro atoms. The van der Waals surface area contributed by atoms with Crippen molar-refractivity contribution in [2.24, 2.45) is 0 Å². The van der Waals surface area contributed by atoms with Crippen LogP contribution in [-0.4, -0.2) is 59.0 Å². The lowest BCUT2D eigenvalue weighted by molar-refractivity contribution is 0.215. The van der Waals surface area contributed by atoms with Gasteiger partial charge in [0, 0.05) is 37.1 Å². The highest BCUT2D eigenvalue weighted by molar-refractivity contribution is 6.04. The smallest absolute Gasteiger partial charge is 0.148 e. The third-order valence-electron chi connectivity index (χ3n) is 4.19. The summed E-state index contributed by atoms with van der Waals surface area (Å²) in [6.07, 6.45) is 1.55. The van der Waals surface area contributed by atoms with Crippen LogP contribution in [0.2, 0.25) is 0 Å². The van der Waals surface area contributed by atoms with E-state index in [-0.39, 0.29) is 17.2 Å². The number of fused-ring (bicyclic) bond motifs is 1. The summed E-state index contributed by atoms with van der Waals surface area (Å²) in [7, 11) is 2.05. The molecular formula is C17H19N5O. The summed E-state index contributed by atoms with van der Waals surface area (Å²) in [5, 5.41) is 28.7. The topological polar surface area (TPSA) is 90.1 Å². The summed E-state index contributed by atoms with van der Waals surface area (Å²) in [6.45, 7) is 3.21. The van der Waals surface area contributed by atoms with Crippen molar-refractivity contribution in [3.8, 4) is 11.8 Å². The van der Waals surface area contributed by atoms with Crippen molar-refractivity contribution in [2.75, 3.05) is 33.2 Å². The van der Waals surface area contributed by atoms with Gasteiger partial charge in [-0.3, -0.25) is 5.41 Å². The Bertz CT molecular complexity index is 806. The van der Waals surface area contributed by atoms with Crippen LogP contribution >= 0.6 is 0 Å². The van der Waals surface area contributed by atoms with E-state index in [1.165, 1.54) is 0 Å². The van der Waals surface area contributed by atoms with Gasteiger partial charge >= 0.3 is 0 Å². The van der Waals surface area contributed by atoms with E-state index in [4.69, 9.17) is 5.41 Å². The number of nitrogens with one attached hydrogen (secondary N) is 2. The Balaban J connectivity index is 1.90. The minimum Gasteiger partial charge on any atom is -0.505 e. The summed E-state index contributed by atoms with van der Waals surface area (Å²) in [6, 6.07) is 9.49. The maximum Gasteiger partial charge on any atom is 0.148 e. The summed E-state index contributed by atoms with van der Waals surface area (Å²) in [5.41, 5.74) is 1.51. The fourth-order valence-corrected chi connectivity index (χ4v) is 2.75. The molecule has 1 aliphatic rings. The number of aromatic amines is 1. The number of benzene rings is 1. The number of amidine groups is 1. The van der Waals surface area contributed by atoms with Crippen molar-refractivity contribution >= 4 is 22.8 Å². The van der Waals surface area contributed by atoms with Gasteiger partial charge in [-0.2, -0.15) is 5.26 Å². The van der Waals surface area contributed by atoms with Crippen molar-refractivity contribution in [1.82, 2.24) is 14.8 Å². The van der Waals surface area contributed by atoms with Gasteiger partial charge in [-0.25, -0.2) is 0 Å². The minimum atomic E-state index is 0.111. The number of aromatic hydroxyl groups is 1. The maximum atomic E-state index is 10.3. The quantitative estimate of drug-likeness (QED) is 0.449. The number of likely N-dealkylation sites (N-methyl/N-ethyl adjacent to an activating group) is 1. The number of piperazine rings is 1. The highest BCUT2D eigenvalue weighted by Gasteiger charge is 2.20. The van der Waals surface area contributed by atoms with Gasteiger partial charge in [0.2, 0.25) is 0 Å². The van der Waals surface area contributed by atoms with Crippen molar-refractivity contribution in [3.63, 3.8) is 0 Å². The van der Waals surface area contributed by atoms with Crippen LogP contribution in [0.25, 0.3) is 17.0 Å². The van der Waals surface area contributed by atoms with Gasteiger partial charge in [0.15, 0.2) is 0 Å². The van der Waals surface area contributed by atoms with Crippen LogP contribution in [0.1, 0.15) is 5.69 Å². The van der Waals surface area contributed by atoms with Crippen LogP contribution in [0.15, 0.2) is 29.8 Å². The number of nitriles is 1. The van der Waals surface area contributed by atoms with Gasteiger partial charge in [-0.05, 0) is 25.3 Å². The predicted octanol–water partition coefficient (Wildman–Crippen LogP) is 2.01. The molecule has 0 radical (unpaired) electrons. The number of hydrogen-bond donors (Lipinski definition) is 3. The monoisotopic (exact) mass is 309 g/mol. The maximum absolute atomic E-state index is 10.3. The Morgan fingerprint density at radius 2 is 2.00 bits per heavy atom. The molecule has 1 aliphatic heterocycles. The normalized spacial score (nSPS) is 16.5. The SMILES string of the molecule is CN1CCN(C(=N)/C(C#N)=C/c2[nH]c3ccccc3c2O)CC1. The third kappa shape index (κ3) is 2.91. The van der Waals surface area contributed by atoms with Crippen LogP contribution < -0.4 is 0 Å². The zero-order chi connectivity index (χ0) is 16.4. The summed E-state index contributed by atoms with van der Waals surface area (Å²) in [5.74, 6) is 0.318. The Hall–Kier alpha value is -2.78. The molecule has 0 amide bonds. The van der Waals surface area contributed by atoms with Crippen molar-refractivity contribution in [1.29, 1.82) is 10.7 Å². The predicted molar refractivity (Wildman–Crippen MR) is 90.4 cm³/mol. The molecule has 2 aromatic rings. The molecule has 6 nitrogen and oxygen atoms in total. The molecule has 6 heteroatoms. The molecule has 1 aromatic heterocycles. The second-order valence-electron chi connectivity index (χ2n) is 5.74. The molecule has 1 saturated heterocycles. The zero-order valence-corrected chi connectivity index (χ0v) is 13.0. The molecule has 0 bridgehead atoms. The summed E-state index contributed by atoms with van der Waals surface area (Å²) >= 11 is 0. The number of H-pyrrole nitrogens is 1. The first-order chi connectivity index (χ1) is 11.1. The summed E-state index contributed by atoms with van der Waals surface area (Å²) < 4.78 is 0. The lowest BCUT2D eigenvalue weighted by atomic mass is 10.1. The van der Waals surface area contributed by atoms with Gasteiger partial charge in [0.25, 0.3) is 0 Å². The Kier molecular flexibility index (Phi) is 4.04. The van der Waals surface area contributed by atoms with Gasteiger partial charge in [-0.1, -0.05) is 12.1 Å². The van der Waals surface area contributed by atoms with Gasteiger partial charge in [0.05, 0.1) is 11.3 Å². The zero-order valence-electron chi connectivity index (χ0n) is 13.0. The average Bonchev–Trinajstić information content (AvgIpc) is 2.89. The molecule has 0 saturated carbocycles. The van der Waals surface area contributed by atoms with Crippen LogP contribution in [0.3, 0.4) is 0 Å². The van der Waals surface area contributed by atoms with E-state index in [2.05, 4.69) is 16.0 Å². The number of hydrogen-bond acceptors (Lipinski definition) is 4. The van der Waals surface area contributed by atoms with E-state index < -0.39 is 0 Å². The number of aromatic nitrogens is 1. The Labute approximate surface area is 134 Å². The molecule has 1 aromatic carbocycles. The standard InChI is InChI=1S/C17H19N5O/c1-21-6-8-22(9-7-21)17(19)12(11-18)10-15-16(23)13-4-2-3-5-14(13)20-15/h2-5,10,19-20,23H,6-9H2,1H3/b12-10+,19-17?. The van der Waals surface area contributed by atoms with Crippen LogP contribution in [0.4, 0.5) is 0 Å². The molecule has 1 fully saturated rings. The van der Waals surface area contributed by atoms with Gasteiger partial charge in [-0.15, -0.1) is 0 Å². The second-order valence-corrected chi connectivity index (χ2v) is 5.74. The van der Waals surface area contributed by atoms with E-state index in [0.717, 1.165) is 31.7 Å². The van der Waals surface area contributed by atoms with Crippen molar-refractivity contribution < 1.29 is 5.11 Å². The molecule has 0 atom stereocenters. The lowest BCUT2D eigenvalue weighted by Crippen LogP contribution is -2.47. The van der Waals surface area contributed by atoms with E-state index >= 15 is 0 Å². The molecule has 0 aliphatic carbocycles. The van der Waals surface area contributed by atoms with Crippen molar-refractivity contribution in [3.05, 3.63) is 35.5 Å². The Morgan fingerprint density at radius 1 is 1.30 bits per heavy atom. The minimum absolute atomic E-state index is 0.111. The second kappa shape index (κ2) is 6.15. The highest BCUT2D eigenvalue weighted by Crippen LogP contribution is 2.30. The molecule has 118 valence electrons. The number of nitrogens with zero attached hydrogens (tertiary/aromatic N) is 3. The van der Waals surface area contributed by atoms with Crippen LogP contribution in [0, 0.1) is 16.7 Å². The summed E-state index contributed by atoms with van der Waals surface area (Å²) in [4.78, 5) is 7.19. The first-order valence-corrected chi connectivity index (χ1v) is 7.54. The molecule has 3 N–H and O–H groups in total. The number of rotatable bonds is 2. The fourth-order valence-electron chi connectivity index (χ4n) is 2.75. The van der Waals surface area contributed by atoms with Crippen molar-refractivity contribution in [2.45, 2.75) is 0 Å². The number of para-hydroxylation sites is 1. The van der Waals surface area contributed by atoms with E-state index in [1.807, 2.05) is 36.2 Å². The molecule has 3 rings (SSSR count). The van der Waals surface area contributed by atoms with Gasteiger partial charge < -0.3 is 19.9 Å². The molecule has 0 unspecified atom stereocenters. The molecule has 2 heterocycles. The average molecular weight is 309 g/mol. The van der Waals surface area contributed by atoms with Gasteiger partial charge in [0.1, 0.15) is 17.7 Å². The third-order valence-corrected chi connectivity index (χ3v) is 4.19. The van der Waals surface area contributed by atoms with Crippen LogP contribution in [-0.2, 0) is 0 Å². The molecular weight excluding hydrogens is 290 g/mol. The van der Waals surface area contributed by atoms with E-state index in [0.29, 0.717) is 11.1 Å². The first-order valence-electron chi connectivity index (χ1n) is 7.54.